The Balaban J connectivity index is 2.00. The number of ether oxygens (including phenoxy) is 1. The van der Waals surface area contributed by atoms with Crippen LogP contribution in [0, 0.1) is 25.2 Å². The smallest absolute Gasteiger partial charge is 0.181 e. The Kier molecular flexibility index (Phi) is 5.60. The van der Waals surface area contributed by atoms with E-state index in [1.165, 1.54) is 0 Å². The van der Waals surface area contributed by atoms with E-state index in [4.69, 9.17) is 10.00 Å². The van der Waals surface area contributed by atoms with Gasteiger partial charge in [-0.05, 0) is 49.7 Å². The molecule has 0 radical (unpaired) electrons. The highest BCUT2D eigenvalue weighted by molar-refractivity contribution is 7.91. The molecule has 126 valence electrons. The Bertz CT molecular complexity index is 852. The molecule has 2 aromatic carbocycles. The summed E-state index contributed by atoms with van der Waals surface area (Å²) < 4.78 is 30.2. The third-order valence-corrected chi connectivity index (χ3v) is 5.45. The number of aliphatic hydroxyl groups is 1. The van der Waals surface area contributed by atoms with Gasteiger partial charge >= 0.3 is 0 Å². The Morgan fingerprint density at radius 1 is 1.17 bits per heavy atom. The molecule has 0 aliphatic heterocycles. The van der Waals surface area contributed by atoms with Crippen molar-refractivity contribution in [3.63, 3.8) is 0 Å². The predicted octanol–water partition coefficient (Wildman–Crippen LogP) is 2.39. The topological polar surface area (TPSA) is 87.4 Å². The minimum Gasteiger partial charge on any atom is -0.491 e. The summed E-state index contributed by atoms with van der Waals surface area (Å²) in [4.78, 5) is 0.227. The highest BCUT2D eigenvalue weighted by Crippen LogP contribution is 2.19. The normalized spacial score (nSPS) is 12.4. The van der Waals surface area contributed by atoms with Crippen LogP contribution in [-0.2, 0) is 9.84 Å². The number of nitrogens with zero attached hydrogens (tertiary/aromatic N) is 1. The van der Waals surface area contributed by atoms with Crippen LogP contribution in [0.3, 0.4) is 0 Å². The zero-order valence-electron chi connectivity index (χ0n) is 13.6. The number of sulfone groups is 1. The van der Waals surface area contributed by atoms with Gasteiger partial charge in [-0.2, -0.15) is 5.26 Å². The Morgan fingerprint density at radius 2 is 1.83 bits per heavy atom. The molecule has 2 rings (SSSR count). The lowest BCUT2D eigenvalue weighted by Crippen LogP contribution is -2.27. The third kappa shape index (κ3) is 4.57. The van der Waals surface area contributed by atoms with Crippen molar-refractivity contribution in [1.29, 1.82) is 5.26 Å². The van der Waals surface area contributed by atoms with Crippen molar-refractivity contribution in [2.75, 3.05) is 12.4 Å². The third-order valence-electron chi connectivity index (χ3n) is 3.50. The van der Waals surface area contributed by atoms with Gasteiger partial charge in [0.1, 0.15) is 18.5 Å². The van der Waals surface area contributed by atoms with Gasteiger partial charge in [0.05, 0.1) is 22.3 Å². The summed E-state index contributed by atoms with van der Waals surface area (Å²) in [7, 11) is -3.60. The first-order valence-electron chi connectivity index (χ1n) is 7.43. The molecular formula is C18H19NO4S. The highest BCUT2D eigenvalue weighted by atomic mass is 32.2. The van der Waals surface area contributed by atoms with Gasteiger partial charge in [-0.25, -0.2) is 8.42 Å². The molecule has 1 atom stereocenters. The lowest BCUT2D eigenvalue weighted by Gasteiger charge is -2.14. The van der Waals surface area contributed by atoms with E-state index >= 15 is 0 Å². The number of hydrogen-bond acceptors (Lipinski definition) is 5. The number of nitriles is 1. The molecule has 0 aliphatic rings. The second-order valence-electron chi connectivity index (χ2n) is 5.65. The van der Waals surface area contributed by atoms with Gasteiger partial charge in [-0.3, -0.25) is 0 Å². The maximum Gasteiger partial charge on any atom is 0.181 e. The lowest BCUT2D eigenvalue weighted by atomic mass is 10.2. The fourth-order valence-corrected chi connectivity index (χ4v) is 3.96. The molecule has 0 spiro atoms. The van der Waals surface area contributed by atoms with Crippen molar-refractivity contribution in [3.05, 3.63) is 59.2 Å². The predicted molar refractivity (Wildman–Crippen MR) is 90.6 cm³/mol. The molecule has 0 aromatic heterocycles. The van der Waals surface area contributed by atoms with Crippen LogP contribution in [0.5, 0.6) is 5.75 Å². The molecule has 0 heterocycles. The molecule has 2 aromatic rings. The Labute approximate surface area is 142 Å². The molecular weight excluding hydrogens is 326 g/mol. The summed E-state index contributed by atoms with van der Waals surface area (Å²) in [5, 5.41) is 18.7. The van der Waals surface area contributed by atoms with Crippen molar-refractivity contribution >= 4 is 9.84 Å². The molecule has 1 N–H and O–H groups in total. The Hall–Kier alpha value is -2.36. The van der Waals surface area contributed by atoms with E-state index in [1.807, 2.05) is 13.0 Å². The van der Waals surface area contributed by atoms with Crippen LogP contribution in [0.25, 0.3) is 0 Å². The molecule has 1 unspecified atom stereocenters. The summed E-state index contributed by atoms with van der Waals surface area (Å²) in [6.07, 6.45) is -1.15. The van der Waals surface area contributed by atoms with Crippen LogP contribution in [0.1, 0.15) is 16.7 Å². The number of rotatable bonds is 6. The monoisotopic (exact) mass is 345 g/mol. The Morgan fingerprint density at radius 3 is 2.42 bits per heavy atom. The number of hydrogen-bond donors (Lipinski definition) is 1. The van der Waals surface area contributed by atoms with Gasteiger partial charge in [0.25, 0.3) is 0 Å². The van der Waals surface area contributed by atoms with Crippen LogP contribution in [0.2, 0.25) is 0 Å². The lowest BCUT2D eigenvalue weighted by molar-refractivity contribution is 0.125. The van der Waals surface area contributed by atoms with Crippen molar-refractivity contribution < 1.29 is 18.3 Å². The fraction of sp³-hybridized carbons (Fsp3) is 0.278. The first-order chi connectivity index (χ1) is 11.3. The molecule has 5 nitrogen and oxygen atoms in total. The van der Waals surface area contributed by atoms with Crippen molar-refractivity contribution in [2.45, 2.75) is 24.8 Å². The van der Waals surface area contributed by atoms with Gasteiger partial charge in [-0.1, -0.05) is 17.7 Å². The van der Waals surface area contributed by atoms with Crippen molar-refractivity contribution in [1.82, 2.24) is 0 Å². The van der Waals surface area contributed by atoms with Gasteiger partial charge in [0.15, 0.2) is 9.84 Å². The van der Waals surface area contributed by atoms with Crippen LogP contribution in [0.4, 0.5) is 0 Å². The minimum absolute atomic E-state index is 0.143. The number of aliphatic hydroxyl groups excluding tert-OH is 1. The molecule has 0 bridgehead atoms. The summed E-state index contributed by atoms with van der Waals surface area (Å²) in [6, 6.07) is 13.5. The van der Waals surface area contributed by atoms with E-state index in [1.54, 1.807) is 49.4 Å². The van der Waals surface area contributed by atoms with E-state index in [2.05, 4.69) is 0 Å². The standard InChI is InChI=1S/C18H19NO4S/c1-13-3-8-18(14(2)9-13)24(21,22)12-16(20)11-23-17-6-4-15(10-19)5-7-17/h3-9,16,20H,11-12H2,1-2H3. The average molecular weight is 345 g/mol. The summed E-state index contributed by atoms with van der Waals surface area (Å²) in [5.41, 5.74) is 2.15. The van der Waals surface area contributed by atoms with Gasteiger partial charge in [0, 0.05) is 0 Å². The summed E-state index contributed by atoms with van der Waals surface area (Å²) >= 11 is 0. The van der Waals surface area contributed by atoms with Gasteiger partial charge in [-0.15, -0.1) is 0 Å². The maximum atomic E-state index is 12.4. The van der Waals surface area contributed by atoms with E-state index in [-0.39, 0.29) is 11.5 Å². The van der Waals surface area contributed by atoms with Crippen molar-refractivity contribution in [2.24, 2.45) is 0 Å². The van der Waals surface area contributed by atoms with E-state index in [0.29, 0.717) is 16.9 Å². The van der Waals surface area contributed by atoms with Crippen LogP contribution in [0.15, 0.2) is 47.4 Å². The molecule has 0 amide bonds. The second-order valence-corrected chi connectivity index (χ2v) is 7.65. The quantitative estimate of drug-likeness (QED) is 0.868. The van der Waals surface area contributed by atoms with Crippen LogP contribution in [-0.4, -0.2) is 32.0 Å². The molecule has 0 saturated carbocycles. The first kappa shape index (κ1) is 18.0. The second kappa shape index (κ2) is 7.47. The van der Waals surface area contributed by atoms with Crippen molar-refractivity contribution in [3.8, 4) is 11.8 Å². The molecule has 0 aliphatic carbocycles. The molecule has 0 fully saturated rings. The number of aryl methyl sites for hydroxylation is 2. The molecule has 0 saturated heterocycles. The van der Waals surface area contributed by atoms with Gasteiger partial charge < -0.3 is 9.84 Å². The zero-order chi connectivity index (χ0) is 17.7. The van der Waals surface area contributed by atoms with E-state index in [0.717, 1.165) is 5.56 Å². The first-order valence-corrected chi connectivity index (χ1v) is 9.08. The van der Waals surface area contributed by atoms with E-state index < -0.39 is 21.7 Å². The SMILES string of the molecule is Cc1ccc(S(=O)(=O)CC(O)COc2ccc(C#N)cc2)c(C)c1. The van der Waals surface area contributed by atoms with E-state index in [9.17, 15) is 13.5 Å². The van der Waals surface area contributed by atoms with Crippen LogP contribution >= 0.6 is 0 Å². The zero-order valence-corrected chi connectivity index (χ0v) is 14.4. The largest absolute Gasteiger partial charge is 0.491 e. The fourth-order valence-electron chi connectivity index (χ4n) is 2.36. The summed E-state index contributed by atoms with van der Waals surface area (Å²) in [6.45, 7) is 3.49. The van der Waals surface area contributed by atoms with Crippen LogP contribution < -0.4 is 4.74 Å². The average Bonchev–Trinajstić information content (AvgIpc) is 2.52. The molecule has 24 heavy (non-hydrogen) atoms. The minimum atomic E-state index is -3.60. The highest BCUT2D eigenvalue weighted by Gasteiger charge is 2.22. The summed E-state index contributed by atoms with van der Waals surface area (Å²) in [5.74, 6) is 0.0599. The number of benzene rings is 2. The van der Waals surface area contributed by atoms with Gasteiger partial charge in [0.2, 0.25) is 0 Å². The molecule has 6 heteroatoms. The maximum absolute atomic E-state index is 12.4.